The van der Waals surface area contributed by atoms with Crippen LogP contribution in [0.25, 0.3) is 32.9 Å². The monoisotopic (exact) mass is 600 g/mol. The number of ether oxygens (including phenoxy) is 1. The van der Waals surface area contributed by atoms with E-state index in [4.69, 9.17) is 16.1 Å². The number of nitrogens with one attached hydrogen (secondary N) is 1. The highest BCUT2D eigenvalue weighted by molar-refractivity contribution is 6.03. The number of rotatable bonds is 5. The normalized spacial score (nSPS) is 24.2. The average Bonchev–Trinajstić information content (AvgIpc) is 3.51. The number of aromatic nitrogens is 3. The smallest absolute Gasteiger partial charge is 0.319 e. The maximum atomic E-state index is 16.7. The largest absolute Gasteiger partial charge is 0.508 e. The second kappa shape index (κ2) is 9.94. The van der Waals surface area contributed by atoms with Gasteiger partial charge < -0.3 is 20.1 Å². The zero-order valence-corrected chi connectivity index (χ0v) is 24.0. The number of terminal acetylenes is 1. The Bertz CT molecular complexity index is 1870. The van der Waals surface area contributed by atoms with Crippen LogP contribution in [0, 0.1) is 24.0 Å². The number of hydrogen-bond acceptors (Lipinski definition) is 8. The Balaban J connectivity index is 1.28. The molecule has 1 spiro atoms. The first-order valence-corrected chi connectivity index (χ1v) is 15.1. The Kier molecular flexibility index (Phi) is 6.19. The molecule has 2 N–H and O–H groups in total. The van der Waals surface area contributed by atoms with Gasteiger partial charge in [-0.2, -0.15) is 9.97 Å². The Morgan fingerprint density at radius 1 is 1.16 bits per heavy atom. The first-order chi connectivity index (χ1) is 21.3. The number of pyridine rings is 1. The molecule has 4 aliphatic rings. The number of benzene rings is 2. The first-order valence-electron chi connectivity index (χ1n) is 15.1. The fraction of sp³-hybridized carbons (Fsp3) is 0.424. The third-order valence-corrected chi connectivity index (χ3v) is 9.85. The van der Waals surface area contributed by atoms with E-state index in [1.54, 1.807) is 0 Å². The summed E-state index contributed by atoms with van der Waals surface area (Å²) in [7, 11) is 0. The maximum absolute atomic E-state index is 16.7. The van der Waals surface area contributed by atoms with Gasteiger partial charge in [0.2, 0.25) is 0 Å². The van der Waals surface area contributed by atoms with Crippen molar-refractivity contribution in [3.8, 4) is 35.4 Å². The quantitative estimate of drug-likeness (QED) is 0.319. The lowest BCUT2D eigenvalue weighted by molar-refractivity contribution is 0.107. The fourth-order valence-electron chi connectivity index (χ4n) is 7.54. The van der Waals surface area contributed by atoms with Gasteiger partial charge in [-0.25, -0.2) is 13.2 Å². The molecule has 3 saturated heterocycles. The highest BCUT2D eigenvalue weighted by atomic mass is 19.1. The summed E-state index contributed by atoms with van der Waals surface area (Å²) in [5.74, 6) is 1.34. The lowest BCUT2D eigenvalue weighted by Gasteiger charge is -2.35. The van der Waals surface area contributed by atoms with Gasteiger partial charge in [0, 0.05) is 55.3 Å². The summed E-state index contributed by atoms with van der Waals surface area (Å²) in [4.78, 5) is 18.1. The SMILES string of the molecule is C#Cc1c(F)ccc2cc(O)cc(-c3ncc4c(N5CCNC6(CC6)C5)nc(OC[C@@]56CCCN5C[C@H](F)C6)nc4c3F)c12. The van der Waals surface area contributed by atoms with E-state index in [2.05, 4.69) is 31.0 Å². The second-order valence-corrected chi connectivity index (χ2v) is 12.7. The number of halogens is 3. The van der Waals surface area contributed by atoms with Crippen molar-refractivity contribution in [2.75, 3.05) is 44.2 Å². The van der Waals surface area contributed by atoms with Crippen LogP contribution in [0.2, 0.25) is 0 Å². The molecular formula is C33H31F3N6O2. The summed E-state index contributed by atoms with van der Waals surface area (Å²) in [6.07, 6.45) is 10.5. The molecule has 0 bridgehead atoms. The summed E-state index contributed by atoms with van der Waals surface area (Å²) < 4.78 is 52.2. The predicted molar refractivity (Wildman–Crippen MR) is 161 cm³/mol. The number of phenolic OH excluding ortho intramolecular Hbond substituents is 1. The average molecular weight is 601 g/mol. The first kappa shape index (κ1) is 27.4. The molecule has 1 aliphatic carbocycles. The summed E-state index contributed by atoms with van der Waals surface area (Å²) in [6.45, 7) is 3.51. The third kappa shape index (κ3) is 4.34. The van der Waals surface area contributed by atoms with E-state index in [-0.39, 0.29) is 51.6 Å². The highest BCUT2D eigenvalue weighted by Crippen LogP contribution is 2.43. The fourth-order valence-corrected chi connectivity index (χ4v) is 7.54. The van der Waals surface area contributed by atoms with E-state index in [1.165, 1.54) is 30.5 Å². The molecule has 0 unspecified atom stereocenters. The van der Waals surface area contributed by atoms with E-state index in [0.29, 0.717) is 42.6 Å². The molecule has 226 valence electrons. The Labute approximate surface area is 252 Å². The van der Waals surface area contributed by atoms with Crippen molar-refractivity contribution in [1.82, 2.24) is 25.2 Å². The van der Waals surface area contributed by atoms with Crippen LogP contribution in [-0.2, 0) is 0 Å². The number of phenols is 1. The molecule has 0 amide bonds. The van der Waals surface area contributed by atoms with Crippen molar-refractivity contribution >= 4 is 27.5 Å². The molecule has 4 aromatic rings. The van der Waals surface area contributed by atoms with Gasteiger partial charge in [-0.3, -0.25) is 9.88 Å². The number of hydrogen-bond donors (Lipinski definition) is 2. The van der Waals surface area contributed by atoms with Crippen molar-refractivity contribution < 1.29 is 23.0 Å². The second-order valence-electron chi connectivity index (χ2n) is 12.7. The van der Waals surface area contributed by atoms with E-state index < -0.39 is 23.3 Å². The van der Waals surface area contributed by atoms with Crippen LogP contribution in [0.5, 0.6) is 11.8 Å². The van der Waals surface area contributed by atoms with Gasteiger partial charge in [0.15, 0.2) is 5.82 Å². The molecule has 0 radical (unpaired) electrons. The summed E-state index contributed by atoms with van der Waals surface area (Å²) in [5.41, 5.74) is -0.458. The van der Waals surface area contributed by atoms with Gasteiger partial charge in [-0.05, 0) is 55.8 Å². The maximum Gasteiger partial charge on any atom is 0.319 e. The standard InChI is InChI=1S/C33H31F3N6O2/c1-2-22-25(35)5-4-19-12-21(43)13-23(26(19)22)28-27(36)29-24(15-37-28)30(41-11-9-38-32(17-41)7-8-32)40-31(39-29)44-18-33-6-3-10-42(33)16-20(34)14-33/h1,4-5,12-13,15,20,38,43H,3,6-11,14,16-18H2/t20-,33+/m1/s1. The van der Waals surface area contributed by atoms with Gasteiger partial charge in [0.1, 0.15) is 41.4 Å². The van der Waals surface area contributed by atoms with Gasteiger partial charge in [0.25, 0.3) is 0 Å². The number of nitrogens with zero attached hydrogens (tertiary/aromatic N) is 5. The van der Waals surface area contributed by atoms with Crippen LogP contribution in [0.1, 0.15) is 37.7 Å². The van der Waals surface area contributed by atoms with Crippen molar-refractivity contribution in [2.45, 2.75) is 49.4 Å². The van der Waals surface area contributed by atoms with Crippen LogP contribution in [0.3, 0.4) is 0 Å². The molecule has 2 atom stereocenters. The molecular weight excluding hydrogens is 569 g/mol. The summed E-state index contributed by atoms with van der Waals surface area (Å²) >= 11 is 0. The van der Waals surface area contributed by atoms with E-state index in [1.807, 2.05) is 0 Å². The van der Waals surface area contributed by atoms with Gasteiger partial charge in [-0.1, -0.05) is 12.0 Å². The number of anilines is 1. The molecule has 8 nitrogen and oxygen atoms in total. The highest BCUT2D eigenvalue weighted by Gasteiger charge is 2.50. The molecule has 1 saturated carbocycles. The minimum absolute atomic E-state index is 0.00610. The van der Waals surface area contributed by atoms with Crippen LogP contribution in [0.4, 0.5) is 19.0 Å². The Morgan fingerprint density at radius 2 is 2.02 bits per heavy atom. The van der Waals surface area contributed by atoms with Crippen LogP contribution in [0.15, 0.2) is 30.5 Å². The number of piperazine rings is 1. The molecule has 11 heteroatoms. The lowest BCUT2D eigenvalue weighted by Crippen LogP contribution is -2.52. The van der Waals surface area contributed by atoms with Gasteiger partial charge >= 0.3 is 6.01 Å². The van der Waals surface area contributed by atoms with E-state index >= 15 is 4.39 Å². The van der Waals surface area contributed by atoms with Gasteiger partial charge in [-0.15, -0.1) is 6.42 Å². The zero-order valence-electron chi connectivity index (χ0n) is 24.0. The van der Waals surface area contributed by atoms with E-state index in [9.17, 15) is 13.9 Å². The van der Waals surface area contributed by atoms with Crippen molar-refractivity contribution in [1.29, 1.82) is 0 Å². The number of fused-ring (bicyclic) bond motifs is 3. The molecule has 44 heavy (non-hydrogen) atoms. The van der Waals surface area contributed by atoms with Crippen LogP contribution in [-0.4, -0.2) is 81.5 Å². The minimum Gasteiger partial charge on any atom is -0.508 e. The molecule has 2 aromatic carbocycles. The predicted octanol–water partition coefficient (Wildman–Crippen LogP) is 4.71. The molecule has 5 heterocycles. The summed E-state index contributed by atoms with van der Waals surface area (Å²) in [6, 6.07) is 5.47. The Morgan fingerprint density at radius 3 is 2.84 bits per heavy atom. The molecule has 2 aromatic heterocycles. The van der Waals surface area contributed by atoms with Crippen molar-refractivity contribution in [3.05, 3.63) is 47.7 Å². The van der Waals surface area contributed by atoms with Gasteiger partial charge in [0.05, 0.1) is 16.5 Å². The Hall–Kier alpha value is -4.14. The van der Waals surface area contributed by atoms with E-state index in [0.717, 1.165) is 38.8 Å². The van der Waals surface area contributed by atoms with Crippen LogP contribution < -0.4 is 15.0 Å². The van der Waals surface area contributed by atoms with Crippen molar-refractivity contribution in [2.24, 2.45) is 0 Å². The summed E-state index contributed by atoms with van der Waals surface area (Å²) in [5, 5.41) is 15.2. The van der Waals surface area contributed by atoms with Crippen molar-refractivity contribution in [3.63, 3.8) is 0 Å². The number of aromatic hydroxyl groups is 1. The molecule has 3 aliphatic heterocycles. The number of alkyl halides is 1. The lowest BCUT2D eigenvalue weighted by atomic mass is 9.95. The molecule has 8 rings (SSSR count). The minimum atomic E-state index is -0.913. The van der Waals surface area contributed by atoms with Crippen LogP contribution >= 0.6 is 0 Å². The zero-order chi connectivity index (χ0) is 30.2. The molecule has 4 fully saturated rings. The topological polar surface area (TPSA) is 86.6 Å². The third-order valence-electron chi connectivity index (χ3n) is 9.85.